The first kappa shape index (κ1) is 11.0. The molecule has 1 aromatic rings. The van der Waals surface area contributed by atoms with E-state index in [4.69, 9.17) is 16.0 Å². The molecule has 3 heteroatoms. The van der Waals surface area contributed by atoms with Crippen molar-refractivity contribution in [1.82, 2.24) is 5.32 Å². The quantitative estimate of drug-likeness (QED) is 0.850. The van der Waals surface area contributed by atoms with E-state index >= 15 is 0 Å². The van der Waals surface area contributed by atoms with Gasteiger partial charge in [0.05, 0.1) is 6.54 Å². The van der Waals surface area contributed by atoms with Gasteiger partial charge in [-0.1, -0.05) is 19.8 Å². The van der Waals surface area contributed by atoms with Gasteiger partial charge in [-0.3, -0.25) is 0 Å². The van der Waals surface area contributed by atoms with Crippen molar-refractivity contribution in [3.63, 3.8) is 0 Å². The molecule has 2 rings (SSSR count). The molecule has 2 nitrogen and oxygen atoms in total. The molecule has 0 radical (unpaired) electrons. The summed E-state index contributed by atoms with van der Waals surface area (Å²) in [6, 6.07) is 3.71. The summed E-state index contributed by atoms with van der Waals surface area (Å²) in [6.45, 7) is 4.22. The summed E-state index contributed by atoms with van der Waals surface area (Å²) in [7, 11) is 0. The minimum Gasteiger partial charge on any atom is -0.448 e. The van der Waals surface area contributed by atoms with Crippen molar-refractivity contribution in [2.75, 3.05) is 6.54 Å². The van der Waals surface area contributed by atoms with E-state index in [0.29, 0.717) is 10.6 Å². The first-order valence-electron chi connectivity index (χ1n) is 5.63. The molecule has 0 aromatic carbocycles. The average Bonchev–Trinajstić information content (AvgIpc) is 2.76. The van der Waals surface area contributed by atoms with Gasteiger partial charge in [-0.05, 0) is 42.0 Å². The Morgan fingerprint density at radius 2 is 2.13 bits per heavy atom. The molecule has 0 amide bonds. The van der Waals surface area contributed by atoms with Crippen molar-refractivity contribution in [3.05, 3.63) is 23.1 Å². The lowest BCUT2D eigenvalue weighted by Gasteiger charge is -2.23. The monoisotopic (exact) mass is 227 g/mol. The number of halogens is 1. The topological polar surface area (TPSA) is 25.2 Å². The van der Waals surface area contributed by atoms with Crippen molar-refractivity contribution in [3.8, 4) is 0 Å². The molecule has 15 heavy (non-hydrogen) atoms. The van der Waals surface area contributed by atoms with Crippen LogP contribution in [0.1, 0.15) is 38.4 Å². The molecule has 1 aliphatic rings. The SMILES string of the molecule is CC1(CNCc2ccc(Cl)o2)CCCC1. The highest BCUT2D eigenvalue weighted by atomic mass is 35.5. The zero-order valence-electron chi connectivity index (χ0n) is 9.18. The second-order valence-electron chi connectivity index (χ2n) is 4.83. The van der Waals surface area contributed by atoms with E-state index in [0.717, 1.165) is 18.8 Å². The van der Waals surface area contributed by atoms with Crippen LogP contribution >= 0.6 is 11.6 Å². The third-order valence-electron chi connectivity index (χ3n) is 3.29. The maximum Gasteiger partial charge on any atom is 0.193 e. The molecule has 84 valence electrons. The lowest BCUT2D eigenvalue weighted by atomic mass is 9.89. The number of rotatable bonds is 4. The van der Waals surface area contributed by atoms with Crippen LogP contribution in [0.2, 0.25) is 5.22 Å². The molecule has 1 aliphatic carbocycles. The van der Waals surface area contributed by atoms with Crippen molar-refractivity contribution in [1.29, 1.82) is 0 Å². The highest BCUT2D eigenvalue weighted by Crippen LogP contribution is 2.36. The zero-order chi connectivity index (χ0) is 10.7. The smallest absolute Gasteiger partial charge is 0.193 e. The van der Waals surface area contributed by atoms with Crippen LogP contribution < -0.4 is 5.32 Å². The van der Waals surface area contributed by atoms with E-state index in [1.165, 1.54) is 25.7 Å². The third-order valence-corrected chi connectivity index (χ3v) is 3.49. The first-order chi connectivity index (χ1) is 7.18. The van der Waals surface area contributed by atoms with E-state index < -0.39 is 0 Å². The maximum atomic E-state index is 5.70. The normalized spacial score (nSPS) is 19.6. The van der Waals surface area contributed by atoms with Crippen molar-refractivity contribution in [2.45, 2.75) is 39.2 Å². The van der Waals surface area contributed by atoms with Crippen LogP contribution in [0.4, 0.5) is 0 Å². The minimum absolute atomic E-state index is 0.471. The van der Waals surface area contributed by atoms with E-state index in [1.807, 2.05) is 6.07 Å². The summed E-state index contributed by atoms with van der Waals surface area (Å²) in [4.78, 5) is 0. The van der Waals surface area contributed by atoms with Gasteiger partial charge < -0.3 is 9.73 Å². The highest BCUT2D eigenvalue weighted by molar-refractivity contribution is 6.28. The summed E-state index contributed by atoms with van der Waals surface area (Å²) in [5.41, 5.74) is 0.496. The van der Waals surface area contributed by atoms with Crippen LogP contribution in [0, 0.1) is 5.41 Å². The lowest BCUT2D eigenvalue weighted by molar-refractivity contribution is 0.309. The number of furan rings is 1. The molecule has 1 fully saturated rings. The second kappa shape index (κ2) is 4.58. The van der Waals surface area contributed by atoms with Gasteiger partial charge in [-0.15, -0.1) is 0 Å². The third kappa shape index (κ3) is 2.99. The molecule has 0 aliphatic heterocycles. The van der Waals surface area contributed by atoms with E-state index in [1.54, 1.807) is 6.07 Å². The van der Waals surface area contributed by atoms with Crippen molar-refractivity contribution < 1.29 is 4.42 Å². The van der Waals surface area contributed by atoms with Crippen LogP contribution in [0.15, 0.2) is 16.5 Å². The number of hydrogen-bond donors (Lipinski definition) is 1. The van der Waals surface area contributed by atoms with Gasteiger partial charge in [-0.2, -0.15) is 0 Å². The molecule has 0 spiro atoms. The summed E-state index contributed by atoms with van der Waals surface area (Å²) in [5.74, 6) is 0.918. The van der Waals surface area contributed by atoms with Crippen LogP contribution in [-0.2, 0) is 6.54 Å². The van der Waals surface area contributed by atoms with Gasteiger partial charge in [0.2, 0.25) is 0 Å². The Labute approximate surface area is 96.0 Å². The lowest BCUT2D eigenvalue weighted by Crippen LogP contribution is -2.28. The van der Waals surface area contributed by atoms with Gasteiger partial charge in [0.15, 0.2) is 5.22 Å². The highest BCUT2D eigenvalue weighted by Gasteiger charge is 2.27. The first-order valence-corrected chi connectivity index (χ1v) is 6.01. The van der Waals surface area contributed by atoms with Crippen molar-refractivity contribution >= 4 is 11.6 Å². The Kier molecular flexibility index (Phi) is 3.37. The summed E-state index contributed by atoms with van der Waals surface area (Å²) >= 11 is 5.70. The van der Waals surface area contributed by atoms with E-state index in [2.05, 4.69) is 12.2 Å². The fourth-order valence-corrected chi connectivity index (χ4v) is 2.50. The molecule has 0 atom stereocenters. The molecule has 0 bridgehead atoms. The molecule has 0 unspecified atom stereocenters. The molecular formula is C12H18ClNO. The zero-order valence-corrected chi connectivity index (χ0v) is 9.94. The average molecular weight is 228 g/mol. The van der Waals surface area contributed by atoms with Gasteiger partial charge in [-0.25, -0.2) is 0 Å². The Morgan fingerprint density at radius 1 is 1.40 bits per heavy atom. The molecular weight excluding hydrogens is 210 g/mol. The van der Waals surface area contributed by atoms with Crippen LogP contribution in [-0.4, -0.2) is 6.54 Å². The summed E-state index contributed by atoms with van der Waals surface area (Å²) in [6.07, 6.45) is 5.45. The van der Waals surface area contributed by atoms with Gasteiger partial charge in [0, 0.05) is 6.54 Å². The Balaban J connectivity index is 1.75. The second-order valence-corrected chi connectivity index (χ2v) is 5.20. The molecule has 1 heterocycles. The number of hydrogen-bond acceptors (Lipinski definition) is 2. The van der Waals surface area contributed by atoms with Crippen LogP contribution in [0.25, 0.3) is 0 Å². The molecule has 0 saturated heterocycles. The van der Waals surface area contributed by atoms with Crippen molar-refractivity contribution in [2.24, 2.45) is 5.41 Å². The summed E-state index contributed by atoms with van der Waals surface area (Å²) in [5, 5.41) is 3.92. The fraction of sp³-hybridized carbons (Fsp3) is 0.667. The largest absolute Gasteiger partial charge is 0.448 e. The molecule has 1 N–H and O–H groups in total. The molecule has 1 aromatic heterocycles. The minimum atomic E-state index is 0.471. The fourth-order valence-electron chi connectivity index (χ4n) is 2.34. The maximum absolute atomic E-state index is 5.70. The van der Waals surface area contributed by atoms with E-state index in [9.17, 15) is 0 Å². The molecule has 1 saturated carbocycles. The predicted molar refractivity (Wildman–Crippen MR) is 62.0 cm³/mol. The summed E-state index contributed by atoms with van der Waals surface area (Å²) < 4.78 is 5.28. The Morgan fingerprint density at radius 3 is 2.73 bits per heavy atom. The Bertz CT molecular complexity index is 315. The number of nitrogens with one attached hydrogen (secondary N) is 1. The van der Waals surface area contributed by atoms with Crippen LogP contribution in [0.3, 0.4) is 0 Å². The van der Waals surface area contributed by atoms with E-state index in [-0.39, 0.29) is 0 Å². The van der Waals surface area contributed by atoms with Crippen LogP contribution in [0.5, 0.6) is 0 Å². The van der Waals surface area contributed by atoms with Gasteiger partial charge >= 0.3 is 0 Å². The standard InChI is InChI=1S/C12H18ClNO/c1-12(6-2-3-7-12)9-14-8-10-4-5-11(13)15-10/h4-5,14H,2-3,6-9H2,1H3. The Hall–Kier alpha value is -0.470. The van der Waals surface area contributed by atoms with Gasteiger partial charge in [0.1, 0.15) is 5.76 Å². The predicted octanol–water partition coefficient (Wildman–Crippen LogP) is 3.60. The van der Waals surface area contributed by atoms with Gasteiger partial charge in [0.25, 0.3) is 0 Å².